The third-order valence-electron chi connectivity index (χ3n) is 3.23. The van der Waals surface area contributed by atoms with Crippen LogP contribution in [-0.4, -0.2) is 37.5 Å². The zero-order valence-corrected chi connectivity index (χ0v) is 15.4. The minimum Gasteiger partial charge on any atom is -0.300 e. The molecule has 2 amide bonds. The van der Waals surface area contributed by atoms with Gasteiger partial charge in [0.2, 0.25) is 5.91 Å². The second-order valence-corrected chi connectivity index (χ2v) is 7.58. The average molecular weight is 406 g/mol. The van der Waals surface area contributed by atoms with E-state index in [1.165, 1.54) is 40.5 Å². The zero-order valence-electron chi connectivity index (χ0n) is 12.9. The number of thiocarbonyl (C=S) groups is 1. The number of aromatic nitrogens is 1. The number of carbonyl (C=O) groups is 2. The van der Waals surface area contributed by atoms with Crippen LogP contribution in [0, 0.1) is 10.1 Å². The molecule has 11 heteroatoms. The van der Waals surface area contributed by atoms with Gasteiger partial charge in [-0.05, 0) is 11.6 Å². The van der Waals surface area contributed by atoms with Crippen molar-refractivity contribution in [3.63, 3.8) is 0 Å². The van der Waals surface area contributed by atoms with Crippen LogP contribution in [0.5, 0.6) is 0 Å². The van der Waals surface area contributed by atoms with Crippen LogP contribution in [0.2, 0.25) is 0 Å². The Kier molecular flexibility index (Phi) is 5.40. The number of benzene rings is 1. The number of thiazole rings is 1. The van der Waals surface area contributed by atoms with E-state index in [4.69, 9.17) is 12.2 Å². The highest BCUT2D eigenvalue weighted by molar-refractivity contribution is 8.26. The standard InChI is InChI=1S/C15H10N4O4S3/c20-12(17-14-16-4-5-25-14)8-18-13(21)11(26-15(18)24)7-9-2-1-3-10(6-9)19(22)23/h1-7H,8H2,(H,16,17,20)/b11-7-. The van der Waals surface area contributed by atoms with Gasteiger partial charge in [0.1, 0.15) is 10.9 Å². The quantitative estimate of drug-likeness (QED) is 0.352. The molecule has 1 fully saturated rings. The lowest BCUT2D eigenvalue weighted by Crippen LogP contribution is -2.36. The fourth-order valence-electron chi connectivity index (χ4n) is 2.10. The van der Waals surface area contributed by atoms with Gasteiger partial charge in [-0.25, -0.2) is 4.98 Å². The molecule has 1 aliphatic rings. The summed E-state index contributed by atoms with van der Waals surface area (Å²) in [4.78, 5) is 40.3. The van der Waals surface area contributed by atoms with E-state index in [0.717, 1.165) is 11.8 Å². The molecule has 0 unspecified atom stereocenters. The fraction of sp³-hybridized carbons (Fsp3) is 0.0667. The van der Waals surface area contributed by atoms with Crippen molar-refractivity contribution in [3.8, 4) is 0 Å². The van der Waals surface area contributed by atoms with Crippen LogP contribution in [0.4, 0.5) is 10.8 Å². The number of carbonyl (C=O) groups excluding carboxylic acids is 2. The van der Waals surface area contributed by atoms with E-state index in [1.807, 2.05) is 0 Å². The van der Waals surface area contributed by atoms with E-state index in [-0.39, 0.29) is 16.6 Å². The number of nitro benzene ring substituents is 1. The number of hydrogen-bond acceptors (Lipinski definition) is 8. The second kappa shape index (κ2) is 7.72. The second-order valence-electron chi connectivity index (χ2n) is 5.01. The molecule has 1 aliphatic heterocycles. The van der Waals surface area contributed by atoms with Gasteiger partial charge < -0.3 is 5.32 Å². The molecule has 0 aliphatic carbocycles. The first-order valence-electron chi connectivity index (χ1n) is 7.13. The number of non-ortho nitro benzene ring substituents is 1. The van der Waals surface area contributed by atoms with Crippen molar-refractivity contribution < 1.29 is 14.5 Å². The third kappa shape index (κ3) is 4.12. The summed E-state index contributed by atoms with van der Waals surface area (Å²) in [7, 11) is 0. The van der Waals surface area contributed by atoms with Crippen molar-refractivity contribution >= 4 is 68.3 Å². The van der Waals surface area contributed by atoms with E-state index in [2.05, 4.69) is 10.3 Å². The highest BCUT2D eigenvalue weighted by atomic mass is 32.2. The first kappa shape index (κ1) is 18.2. The Morgan fingerprint density at radius 1 is 1.46 bits per heavy atom. The molecule has 0 spiro atoms. The lowest BCUT2D eigenvalue weighted by molar-refractivity contribution is -0.384. The highest BCUT2D eigenvalue weighted by Crippen LogP contribution is 2.32. The Morgan fingerprint density at radius 3 is 2.96 bits per heavy atom. The summed E-state index contributed by atoms with van der Waals surface area (Å²) < 4.78 is 0.251. The first-order chi connectivity index (χ1) is 12.4. The number of anilines is 1. The van der Waals surface area contributed by atoms with E-state index >= 15 is 0 Å². The van der Waals surface area contributed by atoms with E-state index in [0.29, 0.717) is 15.6 Å². The molecule has 1 aromatic heterocycles. The SMILES string of the molecule is O=C(CN1C(=O)/C(=C/c2cccc([N+](=O)[O-])c2)SC1=S)Nc1nccs1. The molecule has 0 saturated carbocycles. The Morgan fingerprint density at radius 2 is 2.27 bits per heavy atom. The Labute approximate surface area is 161 Å². The molecule has 1 aromatic carbocycles. The van der Waals surface area contributed by atoms with Gasteiger partial charge in [0.05, 0.1) is 9.83 Å². The zero-order chi connectivity index (χ0) is 18.7. The van der Waals surface area contributed by atoms with Crippen LogP contribution in [0.1, 0.15) is 5.56 Å². The summed E-state index contributed by atoms with van der Waals surface area (Å²) in [6, 6.07) is 5.91. The van der Waals surface area contributed by atoms with Crippen LogP contribution in [0.25, 0.3) is 6.08 Å². The maximum Gasteiger partial charge on any atom is 0.270 e. The molecule has 132 valence electrons. The molecule has 0 atom stereocenters. The molecule has 0 radical (unpaired) electrons. The number of nitro groups is 1. The van der Waals surface area contributed by atoms with Gasteiger partial charge in [-0.1, -0.05) is 36.1 Å². The maximum atomic E-state index is 12.5. The van der Waals surface area contributed by atoms with Crippen LogP contribution >= 0.6 is 35.3 Å². The average Bonchev–Trinajstić information content (AvgIpc) is 3.19. The monoisotopic (exact) mass is 406 g/mol. The topological polar surface area (TPSA) is 105 Å². The van der Waals surface area contributed by atoms with Crippen molar-refractivity contribution in [2.45, 2.75) is 0 Å². The summed E-state index contributed by atoms with van der Waals surface area (Å²) in [6.07, 6.45) is 3.08. The summed E-state index contributed by atoms with van der Waals surface area (Å²) in [5.41, 5.74) is 0.434. The predicted octanol–water partition coefficient (Wildman–Crippen LogP) is 2.89. The molecule has 1 saturated heterocycles. The molecule has 2 aromatic rings. The number of nitrogens with one attached hydrogen (secondary N) is 1. The first-order valence-corrected chi connectivity index (χ1v) is 9.23. The molecule has 0 bridgehead atoms. The van der Waals surface area contributed by atoms with Crippen molar-refractivity contribution in [1.82, 2.24) is 9.88 Å². The largest absolute Gasteiger partial charge is 0.300 e. The molecule has 3 rings (SSSR count). The number of amides is 2. The van der Waals surface area contributed by atoms with Crippen LogP contribution in [-0.2, 0) is 9.59 Å². The maximum absolute atomic E-state index is 12.5. The van der Waals surface area contributed by atoms with Crippen molar-refractivity contribution in [2.24, 2.45) is 0 Å². The van der Waals surface area contributed by atoms with Gasteiger partial charge in [-0.15, -0.1) is 11.3 Å². The summed E-state index contributed by atoms with van der Waals surface area (Å²) in [5.74, 6) is -0.825. The predicted molar refractivity (Wildman–Crippen MR) is 104 cm³/mol. The van der Waals surface area contributed by atoms with Gasteiger partial charge in [0.25, 0.3) is 11.6 Å². The lowest BCUT2D eigenvalue weighted by Gasteiger charge is -2.13. The third-order valence-corrected chi connectivity index (χ3v) is 5.30. The van der Waals surface area contributed by atoms with Crippen LogP contribution in [0.3, 0.4) is 0 Å². The highest BCUT2D eigenvalue weighted by Gasteiger charge is 2.33. The molecular formula is C15H10N4O4S3. The molecule has 8 nitrogen and oxygen atoms in total. The molecule has 1 N–H and O–H groups in total. The van der Waals surface area contributed by atoms with Crippen LogP contribution < -0.4 is 5.32 Å². The summed E-state index contributed by atoms with van der Waals surface area (Å²) in [5, 5.41) is 15.6. The Balaban J connectivity index is 1.73. The van der Waals surface area contributed by atoms with Crippen molar-refractivity contribution in [3.05, 3.63) is 56.4 Å². The number of thioether (sulfide) groups is 1. The summed E-state index contributed by atoms with van der Waals surface area (Å²) >= 11 is 7.48. The summed E-state index contributed by atoms with van der Waals surface area (Å²) in [6.45, 7) is -0.226. The van der Waals surface area contributed by atoms with Gasteiger partial charge in [-0.2, -0.15) is 0 Å². The van der Waals surface area contributed by atoms with Gasteiger partial charge >= 0.3 is 0 Å². The normalized spacial score (nSPS) is 15.5. The lowest BCUT2D eigenvalue weighted by atomic mass is 10.2. The van der Waals surface area contributed by atoms with Crippen molar-refractivity contribution in [2.75, 3.05) is 11.9 Å². The fourth-order valence-corrected chi connectivity index (χ4v) is 3.90. The minimum atomic E-state index is -0.508. The van der Waals surface area contributed by atoms with Crippen molar-refractivity contribution in [1.29, 1.82) is 0 Å². The number of hydrogen-bond donors (Lipinski definition) is 1. The molecule has 26 heavy (non-hydrogen) atoms. The smallest absolute Gasteiger partial charge is 0.270 e. The molecular weight excluding hydrogens is 396 g/mol. The van der Waals surface area contributed by atoms with Gasteiger partial charge in [0.15, 0.2) is 5.13 Å². The molecule has 2 heterocycles. The Bertz CT molecular complexity index is 927. The van der Waals surface area contributed by atoms with E-state index < -0.39 is 16.7 Å². The van der Waals surface area contributed by atoms with Gasteiger partial charge in [0, 0.05) is 23.7 Å². The minimum absolute atomic E-state index is 0.0722. The van der Waals surface area contributed by atoms with E-state index in [1.54, 1.807) is 17.6 Å². The number of nitrogens with zero attached hydrogens (tertiary/aromatic N) is 3. The van der Waals surface area contributed by atoms with E-state index in [9.17, 15) is 19.7 Å². The Hall–Kier alpha value is -2.63. The van der Waals surface area contributed by atoms with Gasteiger partial charge in [-0.3, -0.25) is 24.6 Å². The number of rotatable bonds is 5. The van der Waals surface area contributed by atoms with Crippen LogP contribution in [0.15, 0.2) is 40.7 Å².